The van der Waals surface area contributed by atoms with E-state index in [-0.39, 0.29) is 24.4 Å². The Kier molecular flexibility index (Phi) is 15.2. The molecule has 0 fully saturated rings. The summed E-state index contributed by atoms with van der Waals surface area (Å²) >= 11 is 0. The maximum atomic E-state index is 12.1. The number of carboxylic acids is 1. The number of rotatable bonds is 18. The number of ether oxygens (including phenoxy) is 2. The molecule has 0 heterocycles. The first-order valence-corrected chi connectivity index (χ1v) is 12.8. The van der Waals surface area contributed by atoms with Crippen LogP contribution < -0.4 is 9.47 Å². The SMILES string of the molecule is C[N+](C)(C)CC(CC(=O)O)OP(=O)(O)OCCCCCCCCOc1ccc(OC(F)(F)F)cc1.[OH-]. The number of likely N-dealkylation sites (N-methyl/N-ethyl adjacent to an activating group) is 1. The second kappa shape index (κ2) is 16.1. The van der Waals surface area contributed by atoms with Crippen LogP contribution in [0.2, 0.25) is 0 Å². The number of benzene rings is 1. The Morgan fingerprint density at radius 1 is 0.972 bits per heavy atom. The summed E-state index contributed by atoms with van der Waals surface area (Å²) in [6.07, 6.45) is -1.29. The van der Waals surface area contributed by atoms with Crippen molar-refractivity contribution in [3.05, 3.63) is 24.3 Å². The number of aliphatic carboxylic acids is 1. The fourth-order valence-electron chi connectivity index (χ4n) is 3.18. The molecule has 2 unspecified atom stereocenters. The molecule has 0 saturated carbocycles. The van der Waals surface area contributed by atoms with Crippen molar-refractivity contribution in [2.45, 2.75) is 57.4 Å². The molecule has 14 heteroatoms. The lowest BCUT2D eigenvalue weighted by Gasteiger charge is -2.29. The normalized spacial score (nSPS) is 14.4. The molecule has 0 aliphatic heterocycles. The first-order chi connectivity index (χ1) is 16.2. The van der Waals surface area contributed by atoms with Crippen molar-refractivity contribution in [3.8, 4) is 11.5 Å². The zero-order valence-electron chi connectivity index (χ0n) is 20.8. The molecule has 0 aliphatic rings. The molecule has 1 aromatic carbocycles. The number of alkyl halides is 3. The average molecular weight is 548 g/mol. The standard InChI is InChI=1S/C22H35F3NO8P.H2O/c1-26(2,3)17-20(16-21(27)28)34-35(29,30)32-15-9-7-5-4-6-8-14-31-18-10-12-19(13-11-18)33-22(23,24)25;/h10-13,20H,4-9,14-17H2,1-3H3,(H-,27,28,29,30);1H2. The molecule has 1 rings (SSSR count). The quantitative estimate of drug-likeness (QED) is 0.150. The molecule has 0 saturated heterocycles. The molecule has 210 valence electrons. The van der Waals surface area contributed by atoms with Crippen molar-refractivity contribution in [1.29, 1.82) is 0 Å². The van der Waals surface area contributed by atoms with Gasteiger partial charge >= 0.3 is 20.2 Å². The van der Waals surface area contributed by atoms with Crippen LogP contribution in [0.25, 0.3) is 0 Å². The smallest absolute Gasteiger partial charge is 0.573 e. The number of unbranched alkanes of at least 4 members (excludes halogenated alkanes) is 5. The van der Waals surface area contributed by atoms with Gasteiger partial charge in [-0.2, -0.15) is 0 Å². The van der Waals surface area contributed by atoms with Crippen molar-refractivity contribution >= 4 is 13.8 Å². The van der Waals surface area contributed by atoms with Gasteiger partial charge < -0.3 is 29.4 Å². The van der Waals surface area contributed by atoms with Crippen LogP contribution in [-0.2, 0) is 18.4 Å². The minimum Gasteiger partial charge on any atom is -0.870 e. The number of carbonyl (C=O) groups is 1. The lowest BCUT2D eigenvalue weighted by molar-refractivity contribution is -0.873. The third-order valence-corrected chi connectivity index (χ3v) is 5.63. The topological polar surface area (TPSA) is 142 Å². The molecule has 0 radical (unpaired) electrons. The van der Waals surface area contributed by atoms with E-state index < -0.39 is 32.7 Å². The van der Waals surface area contributed by atoms with Gasteiger partial charge in [0.2, 0.25) is 0 Å². The minimum atomic E-state index is -4.73. The molecule has 1 aromatic rings. The summed E-state index contributed by atoms with van der Waals surface area (Å²) in [4.78, 5) is 20.9. The molecular weight excluding hydrogens is 510 g/mol. The lowest BCUT2D eigenvalue weighted by Crippen LogP contribution is -2.42. The van der Waals surface area contributed by atoms with Gasteiger partial charge in [0.15, 0.2) is 0 Å². The second-order valence-electron chi connectivity index (χ2n) is 9.09. The molecule has 2 atom stereocenters. The number of carboxylic acid groups (broad SMARTS) is 1. The van der Waals surface area contributed by atoms with Crippen LogP contribution in [0.15, 0.2) is 24.3 Å². The predicted octanol–water partition coefficient (Wildman–Crippen LogP) is 4.81. The predicted molar refractivity (Wildman–Crippen MR) is 124 cm³/mol. The highest BCUT2D eigenvalue weighted by atomic mass is 31.2. The van der Waals surface area contributed by atoms with Crippen LogP contribution in [0.5, 0.6) is 11.5 Å². The lowest BCUT2D eigenvalue weighted by atomic mass is 10.1. The number of phosphoric ester groups is 1. The Morgan fingerprint density at radius 2 is 1.47 bits per heavy atom. The summed E-state index contributed by atoms with van der Waals surface area (Å²) in [5.74, 6) is -0.969. The summed E-state index contributed by atoms with van der Waals surface area (Å²) in [6, 6.07) is 5.21. The summed E-state index contributed by atoms with van der Waals surface area (Å²) in [5.41, 5.74) is 0. The van der Waals surface area contributed by atoms with Crippen LogP contribution in [0.1, 0.15) is 44.9 Å². The van der Waals surface area contributed by atoms with Crippen LogP contribution in [0.3, 0.4) is 0 Å². The van der Waals surface area contributed by atoms with Gasteiger partial charge in [0.25, 0.3) is 0 Å². The monoisotopic (exact) mass is 547 g/mol. The highest BCUT2D eigenvalue weighted by molar-refractivity contribution is 7.47. The van der Waals surface area contributed by atoms with Crippen molar-refractivity contribution < 1.29 is 61.0 Å². The molecule has 0 aromatic heterocycles. The first kappa shape index (κ1) is 34.1. The summed E-state index contributed by atoms with van der Waals surface area (Å²) in [6.45, 7) is 0.690. The highest BCUT2D eigenvalue weighted by Crippen LogP contribution is 2.45. The van der Waals surface area contributed by atoms with E-state index in [1.807, 2.05) is 21.1 Å². The number of hydrogen-bond acceptors (Lipinski definition) is 7. The van der Waals surface area contributed by atoms with Gasteiger partial charge in [-0.3, -0.25) is 13.8 Å². The third-order valence-electron chi connectivity index (χ3n) is 4.56. The molecule has 3 N–H and O–H groups in total. The van der Waals surface area contributed by atoms with E-state index in [0.717, 1.165) is 32.1 Å². The Hall–Kier alpha value is -1.89. The van der Waals surface area contributed by atoms with E-state index >= 15 is 0 Å². The van der Waals surface area contributed by atoms with Crippen molar-refractivity contribution in [3.63, 3.8) is 0 Å². The molecular formula is C22H37F3NO9P. The zero-order valence-corrected chi connectivity index (χ0v) is 21.7. The van der Waals surface area contributed by atoms with Crippen LogP contribution in [0.4, 0.5) is 13.2 Å². The largest absolute Gasteiger partial charge is 0.870 e. The molecule has 10 nitrogen and oxygen atoms in total. The minimum absolute atomic E-state index is 0. The van der Waals surface area contributed by atoms with Gasteiger partial charge in [-0.05, 0) is 37.1 Å². The fourth-order valence-corrected chi connectivity index (χ4v) is 4.12. The van der Waals surface area contributed by atoms with Gasteiger partial charge in [-0.15, -0.1) is 13.2 Å². The van der Waals surface area contributed by atoms with E-state index in [4.69, 9.17) is 18.9 Å². The number of hydrogen-bond donors (Lipinski definition) is 2. The van der Waals surface area contributed by atoms with Crippen molar-refractivity contribution in [1.82, 2.24) is 0 Å². The number of phosphoric acid groups is 1. The van der Waals surface area contributed by atoms with Gasteiger partial charge in [0.1, 0.15) is 24.1 Å². The van der Waals surface area contributed by atoms with Gasteiger partial charge in [0.05, 0.1) is 40.8 Å². The van der Waals surface area contributed by atoms with E-state index in [9.17, 15) is 27.4 Å². The first-order valence-electron chi connectivity index (χ1n) is 11.3. The molecule has 36 heavy (non-hydrogen) atoms. The van der Waals surface area contributed by atoms with Crippen LogP contribution in [0, 0.1) is 0 Å². The molecule has 0 amide bonds. The van der Waals surface area contributed by atoms with Crippen molar-refractivity contribution in [2.75, 3.05) is 40.9 Å². The number of halogens is 3. The molecule has 0 bridgehead atoms. The Bertz CT molecular complexity index is 801. The van der Waals surface area contributed by atoms with E-state index in [0.29, 0.717) is 23.3 Å². The Labute approximate surface area is 209 Å². The Morgan fingerprint density at radius 3 is 1.97 bits per heavy atom. The van der Waals surface area contributed by atoms with Crippen molar-refractivity contribution in [2.24, 2.45) is 0 Å². The second-order valence-corrected chi connectivity index (χ2v) is 10.5. The van der Waals surface area contributed by atoms with Crippen LogP contribution >= 0.6 is 7.82 Å². The van der Waals surface area contributed by atoms with E-state index in [2.05, 4.69) is 4.74 Å². The third kappa shape index (κ3) is 18.4. The summed E-state index contributed by atoms with van der Waals surface area (Å²) in [7, 11) is 1.11. The zero-order chi connectivity index (χ0) is 26.5. The maximum absolute atomic E-state index is 12.1. The summed E-state index contributed by atoms with van der Waals surface area (Å²) in [5, 5.41) is 8.98. The Balaban J connectivity index is 0.0000122. The number of quaternary nitrogens is 1. The highest BCUT2D eigenvalue weighted by Gasteiger charge is 2.32. The van der Waals surface area contributed by atoms with Gasteiger partial charge in [-0.25, -0.2) is 4.57 Å². The van der Waals surface area contributed by atoms with E-state index in [1.165, 1.54) is 24.3 Å². The summed E-state index contributed by atoms with van der Waals surface area (Å²) < 4.78 is 68.3. The number of nitrogens with zero attached hydrogens (tertiary/aromatic N) is 1. The fraction of sp³-hybridized carbons (Fsp3) is 0.682. The molecule has 0 spiro atoms. The van der Waals surface area contributed by atoms with Gasteiger partial charge in [0, 0.05) is 0 Å². The maximum Gasteiger partial charge on any atom is 0.573 e. The average Bonchev–Trinajstić information content (AvgIpc) is 2.67. The van der Waals surface area contributed by atoms with Gasteiger partial charge in [-0.1, -0.05) is 25.7 Å². The molecule has 0 aliphatic carbocycles. The van der Waals surface area contributed by atoms with Crippen LogP contribution in [-0.4, -0.2) is 79.3 Å². The van der Waals surface area contributed by atoms with E-state index in [1.54, 1.807) is 0 Å².